The Bertz CT molecular complexity index is 246. The topological polar surface area (TPSA) is 38.0 Å². The SMILES string of the molecule is NCCCCCNc1ccc(F)cc1. The highest BCUT2D eigenvalue weighted by Gasteiger charge is 1.92. The molecule has 0 saturated carbocycles. The lowest BCUT2D eigenvalue weighted by molar-refractivity contribution is 0.628. The van der Waals surface area contributed by atoms with Gasteiger partial charge in [-0.25, -0.2) is 4.39 Å². The lowest BCUT2D eigenvalue weighted by atomic mass is 10.2. The van der Waals surface area contributed by atoms with Crippen molar-refractivity contribution in [3.8, 4) is 0 Å². The van der Waals surface area contributed by atoms with Crippen LogP contribution in [0.1, 0.15) is 19.3 Å². The largest absolute Gasteiger partial charge is 0.385 e. The standard InChI is InChI=1S/C11H17FN2/c12-10-4-6-11(7-5-10)14-9-3-1-2-8-13/h4-7,14H,1-3,8-9,13H2. The van der Waals surface area contributed by atoms with Crippen molar-refractivity contribution in [3.63, 3.8) is 0 Å². The zero-order valence-electron chi connectivity index (χ0n) is 8.30. The summed E-state index contributed by atoms with van der Waals surface area (Å²) in [5.74, 6) is -0.196. The predicted octanol–water partition coefficient (Wildman–Crippen LogP) is 2.37. The van der Waals surface area contributed by atoms with Crippen molar-refractivity contribution in [2.24, 2.45) is 5.73 Å². The van der Waals surface area contributed by atoms with Gasteiger partial charge in [0.1, 0.15) is 5.82 Å². The third-order valence-electron chi connectivity index (χ3n) is 2.05. The quantitative estimate of drug-likeness (QED) is 0.685. The van der Waals surface area contributed by atoms with Crippen LogP contribution in [0.4, 0.5) is 10.1 Å². The van der Waals surface area contributed by atoms with E-state index in [0.29, 0.717) is 0 Å². The molecule has 0 aromatic heterocycles. The van der Waals surface area contributed by atoms with Crippen LogP contribution < -0.4 is 11.1 Å². The van der Waals surface area contributed by atoms with Crippen molar-refractivity contribution in [1.82, 2.24) is 0 Å². The summed E-state index contributed by atoms with van der Waals surface area (Å²) >= 11 is 0. The van der Waals surface area contributed by atoms with E-state index in [-0.39, 0.29) is 5.82 Å². The van der Waals surface area contributed by atoms with Gasteiger partial charge < -0.3 is 11.1 Å². The fourth-order valence-corrected chi connectivity index (χ4v) is 1.25. The van der Waals surface area contributed by atoms with Crippen molar-refractivity contribution >= 4 is 5.69 Å². The first-order valence-electron chi connectivity index (χ1n) is 5.02. The Morgan fingerprint density at radius 1 is 1.07 bits per heavy atom. The molecule has 0 fully saturated rings. The lowest BCUT2D eigenvalue weighted by Gasteiger charge is -2.05. The first kappa shape index (κ1) is 11.0. The molecule has 1 aromatic carbocycles. The fraction of sp³-hybridized carbons (Fsp3) is 0.455. The summed E-state index contributed by atoms with van der Waals surface area (Å²) in [6, 6.07) is 6.42. The molecule has 0 unspecified atom stereocenters. The number of hydrogen-bond acceptors (Lipinski definition) is 2. The smallest absolute Gasteiger partial charge is 0.123 e. The molecule has 1 aromatic rings. The summed E-state index contributed by atoms with van der Waals surface area (Å²) < 4.78 is 12.5. The van der Waals surface area contributed by atoms with E-state index < -0.39 is 0 Å². The van der Waals surface area contributed by atoms with Gasteiger partial charge >= 0.3 is 0 Å². The highest BCUT2D eigenvalue weighted by Crippen LogP contribution is 2.08. The second-order valence-corrected chi connectivity index (χ2v) is 3.28. The molecule has 0 atom stereocenters. The molecule has 0 spiro atoms. The van der Waals surface area contributed by atoms with Crippen LogP contribution in [0.3, 0.4) is 0 Å². The van der Waals surface area contributed by atoms with Gasteiger partial charge in [0.15, 0.2) is 0 Å². The number of anilines is 1. The fourth-order valence-electron chi connectivity index (χ4n) is 1.25. The minimum atomic E-state index is -0.196. The monoisotopic (exact) mass is 196 g/mol. The van der Waals surface area contributed by atoms with Crippen molar-refractivity contribution in [3.05, 3.63) is 30.1 Å². The number of rotatable bonds is 6. The third kappa shape index (κ3) is 4.23. The lowest BCUT2D eigenvalue weighted by Crippen LogP contribution is -2.03. The minimum absolute atomic E-state index is 0.196. The molecule has 0 aliphatic heterocycles. The molecular weight excluding hydrogens is 179 g/mol. The molecule has 0 amide bonds. The predicted molar refractivity (Wildman–Crippen MR) is 57.8 cm³/mol. The number of nitrogens with one attached hydrogen (secondary N) is 1. The molecule has 0 aliphatic rings. The highest BCUT2D eigenvalue weighted by atomic mass is 19.1. The van der Waals surface area contributed by atoms with Crippen LogP contribution in [-0.2, 0) is 0 Å². The van der Waals surface area contributed by atoms with Gasteiger partial charge in [-0.05, 0) is 43.7 Å². The summed E-state index contributed by atoms with van der Waals surface area (Å²) in [5.41, 5.74) is 6.35. The van der Waals surface area contributed by atoms with Crippen LogP contribution in [0, 0.1) is 5.82 Å². The van der Waals surface area contributed by atoms with Gasteiger partial charge in [0.05, 0.1) is 0 Å². The van der Waals surface area contributed by atoms with Crippen LogP contribution in [0.25, 0.3) is 0 Å². The molecule has 2 nitrogen and oxygen atoms in total. The second-order valence-electron chi connectivity index (χ2n) is 3.28. The van der Waals surface area contributed by atoms with E-state index >= 15 is 0 Å². The third-order valence-corrected chi connectivity index (χ3v) is 2.05. The first-order chi connectivity index (χ1) is 6.83. The molecule has 0 heterocycles. The molecular formula is C11H17FN2. The van der Waals surface area contributed by atoms with Crippen molar-refractivity contribution in [2.45, 2.75) is 19.3 Å². The Kier molecular flexibility index (Phi) is 5.00. The van der Waals surface area contributed by atoms with Crippen LogP contribution in [0.15, 0.2) is 24.3 Å². The Morgan fingerprint density at radius 2 is 1.79 bits per heavy atom. The summed E-state index contributed by atoms with van der Waals surface area (Å²) in [6.45, 7) is 1.68. The van der Waals surface area contributed by atoms with Crippen molar-refractivity contribution < 1.29 is 4.39 Å². The maximum absolute atomic E-state index is 12.5. The highest BCUT2D eigenvalue weighted by molar-refractivity contribution is 5.42. The van der Waals surface area contributed by atoms with Crippen LogP contribution in [0.5, 0.6) is 0 Å². The summed E-state index contributed by atoms with van der Waals surface area (Å²) in [7, 11) is 0. The Morgan fingerprint density at radius 3 is 2.43 bits per heavy atom. The van der Waals surface area contributed by atoms with E-state index in [9.17, 15) is 4.39 Å². The van der Waals surface area contributed by atoms with E-state index in [2.05, 4.69) is 5.32 Å². The van der Waals surface area contributed by atoms with Crippen LogP contribution >= 0.6 is 0 Å². The zero-order chi connectivity index (χ0) is 10.2. The first-order valence-corrected chi connectivity index (χ1v) is 5.02. The van der Waals surface area contributed by atoms with Crippen LogP contribution in [0.2, 0.25) is 0 Å². The molecule has 78 valence electrons. The van der Waals surface area contributed by atoms with Crippen molar-refractivity contribution in [2.75, 3.05) is 18.4 Å². The zero-order valence-corrected chi connectivity index (χ0v) is 8.30. The summed E-state index contributed by atoms with van der Waals surface area (Å²) in [6.07, 6.45) is 3.32. The van der Waals surface area contributed by atoms with Gasteiger partial charge in [0, 0.05) is 12.2 Å². The molecule has 14 heavy (non-hydrogen) atoms. The van der Waals surface area contributed by atoms with E-state index in [1.54, 1.807) is 12.1 Å². The van der Waals surface area contributed by atoms with E-state index in [1.165, 1.54) is 12.1 Å². The Hall–Kier alpha value is -1.09. The van der Waals surface area contributed by atoms with E-state index in [0.717, 1.165) is 38.0 Å². The molecule has 1 rings (SSSR count). The summed E-state index contributed by atoms with van der Waals surface area (Å²) in [4.78, 5) is 0. The second kappa shape index (κ2) is 6.38. The Balaban J connectivity index is 2.15. The van der Waals surface area contributed by atoms with Gasteiger partial charge in [-0.1, -0.05) is 6.42 Å². The van der Waals surface area contributed by atoms with Gasteiger partial charge in [0.2, 0.25) is 0 Å². The van der Waals surface area contributed by atoms with Gasteiger partial charge in [0.25, 0.3) is 0 Å². The number of nitrogens with two attached hydrogens (primary N) is 1. The van der Waals surface area contributed by atoms with Gasteiger partial charge in [-0.15, -0.1) is 0 Å². The molecule has 0 aliphatic carbocycles. The number of hydrogen-bond donors (Lipinski definition) is 2. The minimum Gasteiger partial charge on any atom is -0.385 e. The summed E-state index contributed by atoms with van der Waals surface area (Å²) in [5, 5.41) is 3.22. The van der Waals surface area contributed by atoms with Crippen LogP contribution in [-0.4, -0.2) is 13.1 Å². The van der Waals surface area contributed by atoms with Gasteiger partial charge in [-0.3, -0.25) is 0 Å². The molecule has 3 heteroatoms. The normalized spacial score (nSPS) is 10.1. The maximum Gasteiger partial charge on any atom is 0.123 e. The maximum atomic E-state index is 12.5. The number of unbranched alkanes of at least 4 members (excludes halogenated alkanes) is 2. The molecule has 0 bridgehead atoms. The number of benzene rings is 1. The number of halogens is 1. The van der Waals surface area contributed by atoms with E-state index in [4.69, 9.17) is 5.73 Å². The molecule has 0 saturated heterocycles. The Labute approximate surface area is 84.3 Å². The van der Waals surface area contributed by atoms with Crippen molar-refractivity contribution in [1.29, 1.82) is 0 Å². The van der Waals surface area contributed by atoms with Gasteiger partial charge in [-0.2, -0.15) is 0 Å². The molecule has 3 N–H and O–H groups in total. The van der Waals surface area contributed by atoms with E-state index in [1.807, 2.05) is 0 Å². The average molecular weight is 196 g/mol. The molecule has 0 radical (unpaired) electrons. The average Bonchev–Trinajstić information content (AvgIpc) is 2.21.